The largest absolute Gasteiger partial charge is 0.366 e. The zero-order valence-corrected chi connectivity index (χ0v) is 20.4. The number of amides is 3. The lowest BCUT2D eigenvalue weighted by molar-refractivity contribution is -0.131. The molecule has 0 aliphatic carbocycles. The average molecular weight is 511 g/mol. The van der Waals surface area contributed by atoms with Gasteiger partial charge in [-0.2, -0.15) is 0 Å². The Morgan fingerprint density at radius 1 is 0.743 bits per heavy atom. The van der Waals surface area contributed by atoms with Gasteiger partial charge in [0.25, 0.3) is 5.91 Å². The average Bonchev–Trinajstić information content (AvgIpc) is 2.87. The van der Waals surface area contributed by atoms with Crippen molar-refractivity contribution in [3.05, 3.63) is 94.0 Å². The monoisotopic (exact) mass is 510 g/mol. The van der Waals surface area contributed by atoms with Crippen molar-refractivity contribution in [2.45, 2.75) is 0 Å². The SMILES string of the molecule is NC(=O)c1ccc(N(CC(=O)N2CCN(C(=O)c3cc(Cl)cc(Cl)c3)CC2)c2ccccc2)cc1. The highest BCUT2D eigenvalue weighted by Gasteiger charge is 2.26. The van der Waals surface area contributed by atoms with E-state index >= 15 is 0 Å². The minimum atomic E-state index is -0.508. The molecule has 0 unspecified atom stereocenters. The number of para-hydroxylation sites is 1. The lowest BCUT2D eigenvalue weighted by Crippen LogP contribution is -2.52. The summed E-state index contributed by atoms with van der Waals surface area (Å²) in [5, 5.41) is 0.805. The van der Waals surface area contributed by atoms with Crippen molar-refractivity contribution in [2.75, 3.05) is 37.6 Å². The molecule has 0 saturated carbocycles. The number of carbonyl (C=O) groups is 3. The summed E-state index contributed by atoms with van der Waals surface area (Å²) in [6.07, 6.45) is 0. The van der Waals surface area contributed by atoms with Crippen molar-refractivity contribution in [1.82, 2.24) is 9.80 Å². The Bertz CT molecular complexity index is 1210. The lowest BCUT2D eigenvalue weighted by Gasteiger charge is -2.36. The first kappa shape index (κ1) is 24.6. The van der Waals surface area contributed by atoms with E-state index in [4.69, 9.17) is 28.9 Å². The third kappa shape index (κ3) is 5.93. The maximum atomic E-state index is 13.2. The molecule has 0 spiro atoms. The molecular formula is C26H24Cl2N4O3. The maximum Gasteiger partial charge on any atom is 0.254 e. The van der Waals surface area contributed by atoms with Crippen molar-refractivity contribution in [3.8, 4) is 0 Å². The Labute approximate surface area is 213 Å². The molecule has 3 aromatic carbocycles. The van der Waals surface area contributed by atoms with Crippen LogP contribution in [0.1, 0.15) is 20.7 Å². The minimum absolute atomic E-state index is 0.0641. The highest BCUT2D eigenvalue weighted by molar-refractivity contribution is 6.35. The van der Waals surface area contributed by atoms with E-state index in [0.717, 1.165) is 11.4 Å². The normalized spacial score (nSPS) is 13.4. The lowest BCUT2D eigenvalue weighted by atomic mass is 10.1. The van der Waals surface area contributed by atoms with E-state index in [1.165, 1.54) is 0 Å². The second kappa shape index (κ2) is 10.8. The number of nitrogens with zero attached hydrogens (tertiary/aromatic N) is 3. The van der Waals surface area contributed by atoms with E-state index in [1.807, 2.05) is 35.2 Å². The Morgan fingerprint density at radius 2 is 1.29 bits per heavy atom. The predicted molar refractivity (Wildman–Crippen MR) is 137 cm³/mol. The Kier molecular flexibility index (Phi) is 7.58. The summed E-state index contributed by atoms with van der Waals surface area (Å²) in [7, 11) is 0. The van der Waals surface area contributed by atoms with Gasteiger partial charge in [-0.05, 0) is 54.6 Å². The third-order valence-corrected chi connectivity index (χ3v) is 6.29. The Morgan fingerprint density at radius 3 is 1.86 bits per heavy atom. The molecule has 3 aromatic rings. The van der Waals surface area contributed by atoms with Crippen LogP contribution in [0.4, 0.5) is 11.4 Å². The van der Waals surface area contributed by atoms with E-state index in [1.54, 1.807) is 52.3 Å². The molecule has 1 saturated heterocycles. The first-order valence-corrected chi connectivity index (χ1v) is 11.8. The van der Waals surface area contributed by atoms with Crippen LogP contribution in [0.3, 0.4) is 0 Å². The van der Waals surface area contributed by atoms with Gasteiger partial charge in [-0.3, -0.25) is 14.4 Å². The molecule has 7 nitrogen and oxygen atoms in total. The molecule has 2 N–H and O–H groups in total. The first-order chi connectivity index (χ1) is 16.8. The highest BCUT2D eigenvalue weighted by Crippen LogP contribution is 2.26. The predicted octanol–water partition coefficient (Wildman–Crippen LogP) is 4.22. The fourth-order valence-corrected chi connectivity index (χ4v) is 4.53. The number of benzene rings is 3. The summed E-state index contributed by atoms with van der Waals surface area (Å²) in [4.78, 5) is 42.9. The molecule has 35 heavy (non-hydrogen) atoms. The fourth-order valence-electron chi connectivity index (χ4n) is 4.00. The Balaban J connectivity index is 1.44. The molecule has 9 heteroatoms. The molecular weight excluding hydrogens is 487 g/mol. The van der Waals surface area contributed by atoms with E-state index in [9.17, 15) is 14.4 Å². The Hall–Kier alpha value is -3.55. The second-order valence-electron chi connectivity index (χ2n) is 8.16. The highest BCUT2D eigenvalue weighted by atomic mass is 35.5. The topological polar surface area (TPSA) is 86.9 Å². The minimum Gasteiger partial charge on any atom is -0.366 e. The molecule has 1 fully saturated rings. The number of piperazine rings is 1. The molecule has 0 radical (unpaired) electrons. The quantitative estimate of drug-likeness (QED) is 0.537. The van der Waals surface area contributed by atoms with Crippen LogP contribution in [-0.4, -0.2) is 60.2 Å². The number of carbonyl (C=O) groups excluding carboxylic acids is 3. The van der Waals surface area contributed by atoms with Crippen LogP contribution in [-0.2, 0) is 4.79 Å². The maximum absolute atomic E-state index is 13.2. The van der Waals surface area contributed by atoms with Crippen LogP contribution in [0.15, 0.2) is 72.8 Å². The standard InChI is InChI=1S/C26H24Cl2N4O3/c27-20-14-19(15-21(28)16-20)26(35)31-12-10-30(11-13-31)24(33)17-32(22-4-2-1-3-5-22)23-8-6-18(7-9-23)25(29)34/h1-9,14-16H,10-13,17H2,(H2,29,34). The molecule has 0 aromatic heterocycles. The fraction of sp³-hybridized carbons (Fsp3) is 0.192. The zero-order valence-electron chi connectivity index (χ0n) is 18.9. The van der Waals surface area contributed by atoms with Gasteiger partial charge >= 0.3 is 0 Å². The van der Waals surface area contributed by atoms with Gasteiger partial charge in [0, 0.05) is 58.7 Å². The van der Waals surface area contributed by atoms with Gasteiger partial charge in [0.2, 0.25) is 11.8 Å². The summed E-state index contributed by atoms with van der Waals surface area (Å²) in [6.45, 7) is 1.77. The molecule has 3 amide bonds. The molecule has 0 atom stereocenters. The van der Waals surface area contributed by atoms with Gasteiger partial charge in [-0.1, -0.05) is 41.4 Å². The molecule has 4 rings (SSSR count). The van der Waals surface area contributed by atoms with Crippen LogP contribution in [0.25, 0.3) is 0 Å². The number of hydrogen-bond donors (Lipinski definition) is 1. The van der Waals surface area contributed by atoms with Crippen LogP contribution in [0.5, 0.6) is 0 Å². The van der Waals surface area contributed by atoms with Crippen molar-refractivity contribution in [1.29, 1.82) is 0 Å². The second-order valence-corrected chi connectivity index (χ2v) is 9.04. The van der Waals surface area contributed by atoms with Crippen molar-refractivity contribution >= 4 is 52.3 Å². The van der Waals surface area contributed by atoms with Crippen LogP contribution in [0, 0.1) is 0 Å². The molecule has 0 bridgehead atoms. The molecule has 1 aliphatic rings. The van der Waals surface area contributed by atoms with Crippen LogP contribution < -0.4 is 10.6 Å². The number of anilines is 2. The summed E-state index contributed by atoms with van der Waals surface area (Å²) < 4.78 is 0. The number of rotatable bonds is 6. The van der Waals surface area contributed by atoms with Gasteiger partial charge in [0.05, 0.1) is 0 Å². The molecule has 180 valence electrons. The number of nitrogens with two attached hydrogens (primary N) is 1. The summed E-state index contributed by atoms with van der Waals surface area (Å²) >= 11 is 12.1. The van der Waals surface area contributed by atoms with E-state index in [-0.39, 0.29) is 18.4 Å². The summed E-state index contributed by atoms with van der Waals surface area (Å²) in [6, 6.07) is 21.1. The molecule has 1 heterocycles. The van der Waals surface area contributed by atoms with Crippen molar-refractivity contribution in [2.24, 2.45) is 5.73 Å². The zero-order chi connectivity index (χ0) is 24.9. The summed E-state index contributed by atoms with van der Waals surface area (Å²) in [5.74, 6) is -0.737. The number of primary amides is 1. The van der Waals surface area contributed by atoms with Gasteiger partial charge in [0.1, 0.15) is 6.54 Å². The number of hydrogen-bond acceptors (Lipinski definition) is 4. The van der Waals surface area contributed by atoms with Crippen LogP contribution >= 0.6 is 23.2 Å². The third-order valence-electron chi connectivity index (χ3n) is 5.85. The van der Waals surface area contributed by atoms with E-state index in [0.29, 0.717) is 47.4 Å². The number of halogens is 2. The van der Waals surface area contributed by atoms with E-state index in [2.05, 4.69) is 0 Å². The molecule has 1 aliphatic heterocycles. The van der Waals surface area contributed by atoms with Crippen molar-refractivity contribution in [3.63, 3.8) is 0 Å². The van der Waals surface area contributed by atoms with Gasteiger partial charge < -0.3 is 20.4 Å². The smallest absolute Gasteiger partial charge is 0.254 e. The van der Waals surface area contributed by atoms with Gasteiger partial charge in [0.15, 0.2) is 0 Å². The van der Waals surface area contributed by atoms with Crippen molar-refractivity contribution < 1.29 is 14.4 Å². The van der Waals surface area contributed by atoms with Gasteiger partial charge in [-0.25, -0.2) is 0 Å². The van der Waals surface area contributed by atoms with Crippen LogP contribution in [0.2, 0.25) is 10.0 Å². The van der Waals surface area contributed by atoms with E-state index < -0.39 is 5.91 Å². The summed E-state index contributed by atoms with van der Waals surface area (Å²) in [5.41, 5.74) is 7.80. The van der Waals surface area contributed by atoms with Gasteiger partial charge in [-0.15, -0.1) is 0 Å². The first-order valence-electron chi connectivity index (χ1n) is 11.1.